The lowest BCUT2D eigenvalue weighted by atomic mass is 10.6. The molecule has 0 bridgehead atoms. The zero-order valence-corrected chi connectivity index (χ0v) is 5.23. The average Bonchev–Trinajstić information content (AvgIpc) is 2.59. The molecule has 0 fully saturated rings. The van der Waals surface area contributed by atoms with E-state index in [1.165, 1.54) is 0 Å². The Morgan fingerprint density at radius 2 is 2.50 bits per heavy atom. The highest BCUT2D eigenvalue weighted by Crippen LogP contribution is 1.98. The molecule has 0 unspecified atom stereocenters. The molecule has 0 aliphatic rings. The van der Waals surface area contributed by atoms with Gasteiger partial charge >= 0.3 is 0 Å². The van der Waals surface area contributed by atoms with Crippen LogP contribution < -0.4 is 0 Å². The van der Waals surface area contributed by atoms with Crippen LogP contribution in [0.15, 0.2) is 31.0 Å². The second-order valence-corrected chi connectivity index (χ2v) is 1.90. The third-order valence-corrected chi connectivity index (χ3v) is 1.25. The Morgan fingerprint density at radius 1 is 1.50 bits per heavy atom. The van der Waals surface area contributed by atoms with E-state index in [1.807, 2.05) is 16.8 Å². The molecule has 2 aromatic heterocycles. The quantitative estimate of drug-likeness (QED) is 0.620. The lowest BCUT2D eigenvalue weighted by Crippen LogP contribution is -1.88. The maximum atomic E-state index is 3.96. The monoisotopic (exact) mass is 134 g/mol. The molecule has 2 heterocycles. The number of H-pyrrole nitrogens is 1. The van der Waals surface area contributed by atoms with Crippen molar-refractivity contribution in [1.82, 2.24) is 19.7 Å². The maximum Gasteiger partial charge on any atom is 0.159 e. The lowest BCUT2D eigenvalue weighted by Gasteiger charge is -1.90. The Morgan fingerprint density at radius 3 is 3.10 bits per heavy atom. The topological polar surface area (TPSA) is 46.5 Å². The SMILES string of the molecule is c1cn(-c2cc[nH]n2)cn1. The molecular formula is C6H6N4. The van der Waals surface area contributed by atoms with Crippen molar-refractivity contribution >= 4 is 0 Å². The van der Waals surface area contributed by atoms with Gasteiger partial charge in [0.25, 0.3) is 0 Å². The molecule has 1 N–H and O–H groups in total. The van der Waals surface area contributed by atoms with Gasteiger partial charge in [-0.25, -0.2) is 4.98 Å². The van der Waals surface area contributed by atoms with Gasteiger partial charge in [-0.3, -0.25) is 9.67 Å². The van der Waals surface area contributed by atoms with Gasteiger partial charge in [0, 0.05) is 24.7 Å². The van der Waals surface area contributed by atoms with Gasteiger partial charge in [-0.15, -0.1) is 0 Å². The highest BCUT2D eigenvalue weighted by Gasteiger charge is 1.93. The van der Waals surface area contributed by atoms with E-state index >= 15 is 0 Å². The van der Waals surface area contributed by atoms with Crippen LogP contribution in [-0.2, 0) is 0 Å². The molecule has 10 heavy (non-hydrogen) atoms. The molecule has 0 saturated carbocycles. The van der Waals surface area contributed by atoms with Gasteiger partial charge in [-0.1, -0.05) is 0 Å². The lowest BCUT2D eigenvalue weighted by molar-refractivity contribution is 0.956. The van der Waals surface area contributed by atoms with Crippen LogP contribution in [0, 0.1) is 0 Å². The fourth-order valence-corrected chi connectivity index (χ4v) is 0.791. The fourth-order valence-electron chi connectivity index (χ4n) is 0.791. The molecule has 0 spiro atoms. The Bertz CT molecular complexity index is 249. The van der Waals surface area contributed by atoms with Gasteiger partial charge in [0.1, 0.15) is 6.33 Å². The number of aromatic amines is 1. The Kier molecular flexibility index (Phi) is 1.04. The molecule has 50 valence electrons. The van der Waals surface area contributed by atoms with Gasteiger partial charge in [-0.2, -0.15) is 5.10 Å². The number of rotatable bonds is 1. The van der Waals surface area contributed by atoms with Crippen LogP contribution >= 0.6 is 0 Å². The summed E-state index contributed by atoms with van der Waals surface area (Å²) in [5, 5.41) is 6.68. The van der Waals surface area contributed by atoms with Crippen LogP contribution in [0.1, 0.15) is 0 Å². The van der Waals surface area contributed by atoms with E-state index in [-0.39, 0.29) is 0 Å². The first-order chi connectivity index (χ1) is 4.97. The summed E-state index contributed by atoms with van der Waals surface area (Å²) in [6, 6.07) is 1.88. The van der Waals surface area contributed by atoms with E-state index in [0.717, 1.165) is 5.82 Å². The van der Waals surface area contributed by atoms with Crippen LogP contribution in [-0.4, -0.2) is 19.7 Å². The zero-order chi connectivity index (χ0) is 6.81. The number of nitrogens with zero attached hydrogens (tertiary/aromatic N) is 3. The second kappa shape index (κ2) is 1.98. The molecule has 4 nitrogen and oxygen atoms in total. The Hall–Kier alpha value is -1.58. The first kappa shape index (κ1) is 5.22. The van der Waals surface area contributed by atoms with Crippen LogP contribution in [0.4, 0.5) is 0 Å². The predicted molar refractivity (Wildman–Crippen MR) is 35.7 cm³/mol. The largest absolute Gasteiger partial charge is 0.289 e. The summed E-state index contributed by atoms with van der Waals surface area (Å²) >= 11 is 0. The second-order valence-electron chi connectivity index (χ2n) is 1.90. The molecule has 4 heteroatoms. The smallest absolute Gasteiger partial charge is 0.159 e. The summed E-state index contributed by atoms with van der Waals surface area (Å²) in [6.45, 7) is 0. The predicted octanol–water partition coefficient (Wildman–Crippen LogP) is 0.595. The summed E-state index contributed by atoms with van der Waals surface area (Å²) in [5.74, 6) is 0.859. The molecule has 0 atom stereocenters. The van der Waals surface area contributed by atoms with Crippen LogP contribution in [0.2, 0.25) is 0 Å². The van der Waals surface area contributed by atoms with Crippen molar-refractivity contribution < 1.29 is 0 Å². The van der Waals surface area contributed by atoms with Gasteiger partial charge in [0.2, 0.25) is 0 Å². The maximum absolute atomic E-state index is 3.96. The normalized spacial score (nSPS) is 10.0. The standard InChI is InChI=1S/C6H6N4/c1-2-8-9-6(1)10-4-3-7-5-10/h1-5H,(H,8,9). The molecule has 0 aliphatic heterocycles. The number of aromatic nitrogens is 4. The van der Waals surface area contributed by atoms with Crippen molar-refractivity contribution in [3.8, 4) is 5.82 Å². The van der Waals surface area contributed by atoms with Crippen molar-refractivity contribution in [3.63, 3.8) is 0 Å². The first-order valence-electron chi connectivity index (χ1n) is 2.95. The van der Waals surface area contributed by atoms with E-state index < -0.39 is 0 Å². The highest BCUT2D eigenvalue weighted by molar-refractivity contribution is 5.17. The van der Waals surface area contributed by atoms with E-state index in [9.17, 15) is 0 Å². The Balaban J connectivity index is 2.48. The first-order valence-corrected chi connectivity index (χ1v) is 2.95. The zero-order valence-electron chi connectivity index (χ0n) is 5.23. The number of imidazole rings is 1. The van der Waals surface area contributed by atoms with Crippen molar-refractivity contribution in [2.75, 3.05) is 0 Å². The van der Waals surface area contributed by atoms with Crippen molar-refractivity contribution in [2.45, 2.75) is 0 Å². The van der Waals surface area contributed by atoms with E-state index in [4.69, 9.17) is 0 Å². The molecule has 2 rings (SSSR count). The molecule has 0 amide bonds. The van der Waals surface area contributed by atoms with Gasteiger partial charge in [0.05, 0.1) is 0 Å². The third kappa shape index (κ3) is 0.699. The minimum atomic E-state index is 0.859. The van der Waals surface area contributed by atoms with E-state index in [2.05, 4.69) is 15.2 Å². The number of nitrogens with one attached hydrogen (secondary N) is 1. The summed E-state index contributed by atoms with van der Waals surface area (Å²) in [5.41, 5.74) is 0. The molecule has 0 saturated heterocycles. The van der Waals surface area contributed by atoms with E-state index in [1.54, 1.807) is 18.7 Å². The average molecular weight is 134 g/mol. The summed E-state index contributed by atoms with van der Waals surface area (Å²) in [7, 11) is 0. The van der Waals surface area contributed by atoms with Crippen molar-refractivity contribution in [1.29, 1.82) is 0 Å². The summed E-state index contributed by atoms with van der Waals surface area (Å²) in [6.07, 6.45) is 7.04. The molecule has 0 aliphatic carbocycles. The summed E-state index contributed by atoms with van der Waals surface area (Å²) < 4.78 is 1.83. The highest BCUT2D eigenvalue weighted by atomic mass is 15.2. The number of hydrogen-bond donors (Lipinski definition) is 1. The van der Waals surface area contributed by atoms with Crippen LogP contribution in [0.5, 0.6) is 0 Å². The molecular weight excluding hydrogens is 128 g/mol. The van der Waals surface area contributed by atoms with Gasteiger partial charge in [0.15, 0.2) is 5.82 Å². The third-order valence-electron chi connectivity index (χ3n) is 1.25. The fraction of sp³-hybridized carbons (Fsp3) is 0. The molecule has 0 aromatic carbocycles. The molecule has 0 radical (unpaired) electrons. The van der Waals surface area contributed by atoms with E-state index in [0.29, 0.717) is 0 Å². The summed E-state index contributed by atoms with van der Waals surface area (Å²) in [4.78, 5) is 3.89. The minimum absolute atomic E-state index is 0.859. The van der Waals surface area contributed by atoms with Crippen LogP contribution in [0.3, 0.4) is 0 Å². The van der Waals surface area contributed by atoms with Crippen molar-refractivity contribution in [2.24, 2.45) is 0 Å². The minimum Gasteiger partial charge on any atom is -0.289 e. The Labute approximate surface area is 57.5 Å². The van der Waals surface area contributed by atoms with Gasteiger partial charge < -0.3 is 0 Å². The number of hydrogen-bond acceptors (Lipinski definition) is 2. The van der Waals surface area contributed by atoms with Crippen molar-refractivity contribution in [3.05, 3.63) is 31.0 Å². The molecule has 2 aromatic rings. The van der Waals surface area contributed by atoms with Gasteiger partial charge in [-0.05, 0) is 0 Å². The van der Waals surface area contributed by atoms with Crippen LogP contribution in [0.25, 0.3) is 5.82 Å².